The van der Waals surface area contributed by atoms with Gasteiger partial charge in [-0.15, -0.1) is 0 Å². The van der Waals surface area contributed by atoms with Gasteiger partial charge in [0, 0.05) is 18.8 Å². The standard InChI is InChI=1S/C32H41N3O4/c1-21(2)17-28(35-16-14-24(18-29(35)36)13-15-34(5)6)32(39)33-27(20-30(37)38)25-11-8-12-26(19-25)31-22(3)9-7-10-23(31)4/h7-12,14,16,18-19,21,27-28H,13,15,17,20H2,1-6H3,(H,33,39)(H,37,38)/t27-,28?/m0/s1. The minimum atomic E-state index is -1.01. The predicted molar refractivity (Wildman–Crippen MR) is 156 cm³/mol. The van der Waals surface area contributed by atoms with E-state index in [2.05, 4.69) is 10.2 Å². The molecule has 0 saturated carbocycles. The molecular formula is C32H41N3O4. The molecule has 7 nitrogen and oxygen atoms in total. The molecule has 1 aromatic heterocycles. The number of benzene rings is 2. The highest BCUT2D eigenvalue weighted by Gasteiger charge is 2.27. The van der Waals surface area contributed by atoms with Gasteiger partial charge in [-0.1, -0.05) is 50.2 Å². The number of aryl methyl sites for hydroxylation is 2. The molecule has 0 aliphatic heterocycles. The number of carboxylic acid groups (broad SMARTS) is 1. The lowest BCUT2D eigenvalue weighted by molar-refractivity contribution is -0.138. The molecule has 3 aromatic rings. The molecule has 0 fully saturated rings. The van der Waals surface area contributed by atoms with Crippen LogP contribution in [0.5, 0.6) is 0 Å². The van der Waals surface area contributed by atoms with Gasteiger partial charge in [-0.25, -0.2) is 0 Å². The van der Waals surface area contributed by atoms with Gasteiger partial charge >= 0.3 is 5.97 Å². The van der Waals surface area contributed by atoms with Crippen molar-refractivity contribution in [2.75, 3.05) is 20.6 Å². The fourth-order valence-corrected chi connectivity index (χ4v) is 4.97. The van der Waals surface area contributed by atoms with Crippen molar-refractivity contribution in [3.8, 4) is 11.1 Å². The van der Waals surface area contributed by atoms with Crippen LogP contribution in [-0.2, 0) is 16.0 Å². The number of nitrogens with zero attached hydrogens (tertiary/aromatic N) is 2. The Kier molecular flexibility index (Phi) is 10.2. The van der Waals surface area contributed by atoms with Crippen LogP contribution in [0.3, 0.4) is 0 Å². The molecule has 2 aromatic carbocycles. The average Bonchev–Trinajstić information content (AvgIpc) is 2.85. The predicted octanol–water partition coefficient (Wildman–Crippen LogP) is 5.16. The van der Waals surface area contributed by atoms with Crippen molar-refractivity contribution in [2.24, 2.45) is 5.92 Å². The highest BCUT2D eigenvalue weighted by Crippen LogP contribution is 2.30. The molecule has 7 heteroatoms. The van der Waals surface area contributed by atoms with Crippen molar-refractivity contribution >= 4 is 11.9 Å². The van der Waals surface area contributed by atoms with Crippen LogP contribution in [0.15, 0.2) is 65.6 Å². The van der Waals surface area contributed by atoms with E-state index in [-0.39, 0.29) is 23.8 Å². The van der Waals surface area contributed by atoms with E-state index in [4.69, 9.17) is 0 Å². The van der Waals surface area contributed by atoms with E-state index in [1.165, 1.54) is 4.57 Å². The Bertz CT molecular complexity index is 1340. The van der Waals surface area contributed by atoms with Crippen LogP contribution in [-0.4, -0.2) is 47.1 Å². The van der Waals surface area contributed by atoms with E-state index in [1.807, 2.05) is 90.3 Å². The molecule has 2 N–H and O–H groups in total. The van der Waals surface area contributed by atoms with Crippen LogP contribution in [0.4, 0.5) is 0 Å². The first-order valence-electron chi connectivity index (χ1n) is 13.5. The Labute approximate surface area is 231 Å². The maximum atomic E-state index is 13.7. The second kappa shape index (κ2) is 13.4. The van der Waals surface area contributed by atoms with Crippen LogP contribution in [0.1, 0.15) is 61.0 Å². The van der Waals surface area contributed by atoms with Crippen LogP contribution >= 0.6 is 0 Å². The molecule has 208 valence electrons. The summed E-state index contributed by atoms with van der Waals surface area (Å²) in [5.74, 6) is -1.23. The fraction of sp³-hybridized carbons (Fsp3) is 0.406. The number of nitrogens with one attached hydrogen (secondary N) is 1. The normalized spacial score (nSPS) is 12.9. The maximum absolute atomic E-state index is 13.7. The lowest BCUT2D eigenvalue weighted by Crippen LogP contribution is -2.40. The Balaban J connectivity index is 1.94. The Morgan fingerprint density at radius 3 is 2.26 bits per heavy atom. The fourth-order valence-electron chi connectivity index (χ4n) is 4.97. The zero-order valence-corrected chi connectivity index (χ0v) is 23.9. The molecule has 1 amide bonds. The number of hydrogen-bond acceptors (Lipinski definition) is 4. The summed E-state index contributed by atoms with van der Waals surface area (Å²) in [6, 6.07) is 15.8. The van der Waals surface area contributed by atoms with Gasteiger partial charge in [-0.05, 0) is 92.2 Å². The average molecular weight is 532 g/mol. The van der Waals surface area contributed by atoms with Gasteiger partial charge in [0.05, 0.1) is 12.5 Å². The molecule has 0 aliphatic carbocycles. The molecule has 0 aliphatic rings. The van der Waals surface area contributed by atoms with E-state index in [0.29, 0.717) is 12.0 Å². The largest absolute Gasteiger partial charge is 0.481 e. The monoisotopic (exact) mass is 531 g/mol. The molecule has 2 atom stereocenters. The van der Waals surface area contributed by atoms with Gasteiger partial charge < -0.3 is 19.9 Å². The van der Waals surface area contributed by atoms with Gasteiger partial charge in [0.15, 0.2) is 0 Å². The molecule has 39 heavy (non-hydrogen) atoms. The highest BCUT2D eigenvalue weighted by molar-refractivity contribution is 5.82. The summed E-state index contributed by atoms with van der Waals surface area (Å²) >= 11 is 0. The molecular weight excluding hydrogens is 490 g/mol. The van der Waals surface area contributed by atoms with Gasteiger partial charge in [0.2, 0.25) is 5.91 Å². The third kappa shape index (κ3) is 8.14. The molecule has 1 unspecified atom stereocenters. The van der Waals surface area contributed by atoms with Crippen LogP contribution < -0.4 is 10.9 Å². The molecule has 0 saturated heterocycles. The van der Waals surface area contributed by atoms with Crippen molar-refractivity contribution < 1.29 is 14.7 Å². The minimum Gasteiger partial charge on any atom is -0.481 e. The van der Waals surface area contributed by atoms with E-state index in [1.54, 1.807) is 12.3 Å². The van der Waals surface area contributed by atoms with E-state index in [0.717, 1.165) is 40.8 Å². The van der Waals surface area contributed by atoms with Crippen molar-refractivity contribution in [3.63, 3.8) is 0 Å². The third-order valence-electron chi connectivity index (χ3n) is 6.95. The van der Waals surface area contributed by atoms with Gasteiger partial charge in [-0.2, -0.15) is 0 Å². The Hall–Kier alpha value is -3.71. The SMILES string of the molecule is Cc1cccc(C)c1-c1cccc([C@H](CC(=O)O)NC(=O)C(CC(C)C)n2ccc(CCN(C)C)cc2=O)c1. The maximum Gasteiger partial charge on any atom is 0.305 e. The topological polar surface area (TPSA) is 91.6 Å². The zero-order valence-electron chi connectivity index (χ0n) is 23.9. The van der Waals surface area contributed by atoms with Crippen LogP contribution in [0.25, 0.3) is 11.1 Å². The number of hydrogen-bond donors (Lipinski definition) is 2. The molecule has 0 spiro atoms. The summed E-state index contributed by atoms with van der Waals surface area (Å²) in [6.45, 7) is 8.91. The molecule has 1 heterocycles. The Morgan fingerprint density at radius 1 is 1.00 bits per heavy atom. The molecule has 0 radical (unpaired) electrons. The summed E-state index contributed by atoms with van der Waals surface area (Å²) in [6.07, 6.45) is 2.61. The first-order chi connectivity index (χ1) is 18.5. The van der Waals surface area contributed by atoms with Crippen molar-refractivity contribution in [3.05, 3.63) is 93.4 Å². The summed E-state index contributed by atoms with van der Waals surface area (Å²) < 4.78 is 1.47. The van der Waals surface area contributed by atoms with Gasteiger partial charge in [-0.3, -0.25) is 14.4 Å². The van der Waals surface area contributed by atoms with Crippen molar-refractivity contribution in [2.45, 2.75) is 59.0 Å². The Morgan fingerprint density at radius 2 is 1.67 bits per heavy atom. The number of rotatable bonds is 12. The van der Waals surface area contributed by atoms with Crippen LogP contribution in [0.2, 0.25) is 0 Å². The minimum absolute atomic E-state index is 0.145. The summed E-state index contributed by atoms with van der Waals surface area (Å²) in [5.41, 5.74) is 5.70. The number of aromatic nitrogens is 1. The quantitative estimate of drug-likeness (QED) is 0.337. The number of carbonyl (C=O) groups excluding carboxylic acids is 1. The first kappa shape index (κ1) is 29.8. The van der Waals surface area contributed by atoms with Crippen molar-refractivity contribution in [1.29, 1.82) is 0 Å². The summed E-state index contributed by atoms with van der Waals surface area (Å²) in [5, 5.41) is 12.7. The first-order valence-corrected chi connectivity index (χ1v) is 13.5. The second-order valence-corrected chi connectivity index (χ2v) is 11.0. The molecule has 3 rings (SSSR count). The molecule has 0 bridgehead atoms. The number of carboxylic acids is 1. The number of carbonyl (C=O) groups is 2. The van der Waals surface area contributed by atoms with Gasteiger partial charge in [0.25, 0.3) is 5.56 Å². The van der Waals surface area contributed by atoms with E-state index in [9.17, 15) is 19.5 Å². The second-order valence-electron chi connectivity index (χ2n) is 11.0. The van der Waals surface area contributed by atoms with Crippen molar-refractivity contribution in [1.82, 2.24) is 14.8 Å². The number of pyridine rings is 1. The smallest absolute Gasteiger partial charge is 0.305 e. The van der Waals surface area contributed by atoms with Gasteiger partial charge in [0.1, 0.15) is 6.04 Å². The number of likely N-dealkylation sites (N-methyl/N-ethyl adjacent to an activating group) is 1. The number of amides is 1. The third-order valence-corrected chi connectivity index (χ3v) is 6.95. The highest BCUT2D eigenvalue weighted by atomic mass is 16.4. The van der Waals surface area contributed by atoms with Crippen LogP contribution in [0, 0.1) is 19.8 Å². The lowest BCUT2D eigenvalue weighted by atomic mass is 9.92. The lowest BCUT2D eigenvalue weighted by Gasteiger charge is -2.25. The van der Waals surface area contributed by atoms with E-state index >= 15 is 0 Å². The van der Waals surface area contributed by atoms with E-state index < -0.39 is 18.1 Å². The summed E-state index contributed by atoms with van der Waals surface area (Å²) in [7, 11) is 3.96. The number of aliphatic carboxylic acids is 1. The zero-order chi connectivity index (χ0) is 28.7. The summed E-state index contributed by atoms with van der Waals surface area (Å²) in [4.78, 5) is 40.7.